The maximum Gasteiger partial charge on any atom is 0.352 e. The highest BCUT2D eigenvalue weighted by molar-refractivity contribution is 7.94. The van der Waals surface area contributed by atoms with Crippen molar-refractivity contribution >= 4 is 33.1 Å². The highest BCUT2D eigenvalue weighted by Gasteiger charge is 2.16. The molecule has 0 saturated carbocycles. The van der Waals surface area contributed by atoms with Crippen LogP contribution in [0.4, 0.5) is 5.82 Å². The third-order valence-electron chi connectivity index (χ3n) is 1.92. The lowest BCUT2D eigenvalue weighted by Crippen LogP contribution is -2.11. The van der Waals surface area contributed by atoms with Gasteiger partial charge in [0.2, 0.25) is 0 Å². The summed E-state index contributed by atoms with van der Waals surface area (Å²) in [5.41, 5.74) is -0.0751. The van der Waals surface area contributed by atoms with Gasteiger partial charge in [-0.25, -0.2) is 13.2 Å². The van der Waals surface area contributed by atoms with Crippen molar-refractivity contribution in [1.29, 1.82) is 0 Å². The molecule has 17 heavy (non-hydrogen) atoms. The second kappa shape index (κ2) is 4.22. The fourth-order valence-electron chi connectivity index (χ4n) is 1.19. The van der Waals surface area contributed by atoms with Crippen LogP contribution in [0.25, 0.3) is 0 Å². The Morgan fingerprint density at radius 2 is 2.12 bits per heavy atom. The number of sulfonamides is 1. The zero-order chi connectivity index (χ0) is 12.5. The normalized spacial score (nSPS) is 11.3. The van der Waals surface area contributed by atoms with Crippen LogP contribution in [0, 0.1) is 0 Å². The molecule has 2 rings (SSSR count). The van der Waals surface area contributed by atoms with E-state index in [1.165, 1.54) is 18.2 Å². The van der Waals surface area contributed by atoms with Crippen LogP contribution in [-0.4, -0.2) is 24.5 Å². The zero-order valence-corrected chi connectivity index (χ0v) is 10.0. The molecule has 2 heterocycles. The van der Waals surface area contributed by atoms with Crippen molar-refractivity contribution in [3.8, 4) is 0 Å². The number of hydrogen-bond acceptors (Lipinski definition) is 4. The third kappa shape index (κ3) is 2.48. The largest absolute Gasteiger partial charge is 0.477 e. The summed E-state index contributed by atoms with van der Waals surface area (Å²) < 4.78 is 26.0. The molecule has 0 aliphatic carbocycles. The Balaban J connectivity index is 2.24. The predicted molar refractivity (Wildman–Crippen MR) is 62.9 cm³/mol. The van der Waals surface area contributed by atoms with Crippen LogP contribution in [0.5, 0.6) is 0 Å². The van der Waals surface area contributed by atoms with Gasteiger partial charge in [-0.2, -0.15) is 0 Å². The maximum atomic E-state index is 11.8. The van der Waals surface area contributed by atoms with Crippen molar-refractivity contribution in [2.24, 2.45) is 0 Å². The van der Waals surface area contributed by atoms with Crippen LogP contribution in [-0.2, 0) is 10.0 Å². The molecule has 0 atom stereocenters. The Labute approximate surface area is 101 Å². The number of carboxylic acids is 1. The Hall–Kier alpha value is -1.80. The average molecular weight is 272 g/mol. The van der Waals surface area contributed by atoms with Crippen molar-refractivity contribution in [1.82, 2.24) is 4.98 Å². The van der Waals surface area contributed by atoms with E-state index >= 15 is 0 Å². The first-order valence-electron chi connectivity index (χ1n) is 4.48. The van der Waals surface area contributed by atoms with E-state index in [1.807, 2.05) is 0 Å². The molecular formula is C9H8N2O4S2. The minimum absolute atomic E-state index is 0.0751. The van der Waals surface area contributed by atoms with Gasteiger partial charge in [0.05, 0.1) is 0 Å². The third-order valence-corrected chi connectivity index (χ3v) is 4.68. The molecular weight excluding hydrogens is 264 g/mol. The number of anilines is 1. The number of carbonyl (C=O) groups is 1. The lowest BCUT2D eigenvalue weighted by atomic mass is 10.4. The molecule has 0 aliphatic rings. The van der Waals surface area contributed by atoms with Gasteiger partial charge < -0.3 is 10.1 Å². The standard InChI is InChI=1S/C9H8N2O4S2/c12-9(13)6-3-4-7(10-6)11-17(14,15)8-2-1-5-16-8/h1-5,10-11H,(H,12,13). The van der Waals surface area contributed by atoms with Crippen molar-refractivity contribution in [2.45, 2.75) is 4.21 Å². The van der Waals surface area contributed by atoms with Gasteiger partial charge in [-0.3, -0.25) is 4.72 Å². The van der Waals surface area contributed by atoms with E-state index in [9.17, 15) is 13.2 Å². The minimum atomic E-state index is -3.64. The van der Waals surface area contributed by atoms with E-state index in [4.69, 9.17) is 5.11 Å². The second-order valence-electron chi connectivity index (χ2n) is 3.13. The molecule has 3 N–H and O–H groups in total. The van der Waals surface area contributed by atoms with Crippen LogP contribution < -0.4 is 4.72 Å². The fourth-order valence-corrected chi connectivity index (χ4v) is 3.20. The van der Waals surface area contributed by atoms with E-state index < -0.39 is 16.0 Å². The number of nitrogens with one attached hydrogen (secondary N) is 2. The van der Waals surface area contributed by atoms with Crippen molar-refractivity contribution in [3.05, 3.63) is 35.3 Å². The van der Waals surface area contributed by atoms with Crippen LogP contribution in [0.15, 0.2) is 33.9 Å². The molecule has 0 spiro atoms. The zero-order valence-electron chi connectivity index (χ0n) is 8.38. The monoisotopic (exact) mass is 272 g/mol. The van der Waals surface area contributed by atoms with Crippen LogP contribution >= 0.6 is 11.3 Å². The van der Waals surface area contributed by atoms with Gasteiger partial charge in [-0.15, -0.1) is 11.3 Å². The van der Waals surface area contributed by atoms with E-state index in [2.05, 4.69) is 9.71 Å². The summed E-state index contributed by atoms with van der Waals surface area (Å²) in [6, 6.07) is 5.73. The first-order chi connectivity index (χ1) is 7.99. The minimum Gasteiger partial charge on any atom is -0.477 e. The smallest absolute Gasteiger partial charge is 0.352 e. The molecule has 6 nitrogen and oxygen atoms in total. The molecule has 0 bridgehead atoms. The number of aromatic amines is 1. The molecule has 0 unspecified atom stereocenters. The molecule has 2 aromatic heterocycles. The van der Waals surface area contributed by atoms with Gasteiger partial charge in [0.1, 0.15) is 15.7 Å². The Morgan fingerprint density at radius 1 is 1.35 bits per heavy atom. The number of carboxylic acid groups (broad SMARTS) is 1. The summed E-state index contributed by atoms with van der Waals surface area (Å²) in [4.78, 5) is 13.0. The Morgan fingerprint density at radius 3 is 2.65 bits per heavy atom. The highest BCUT2D eigenvalue weighted by Crippen LogP contribution is 2.19. The molecule has 8 heteroatoms. The van der Waals surface area contributed by atoms with E-state index in [-0.39, 0.29) is 15.7 Å². The summed E-state index contributed by atoms with van der Waals surface area (Å²) in [7, 11) is -3.64. The number of aromatic carboxylic acids is 1. The number of aromatic nitrogens is 1. The molecule has 90 valence electrons. The van der Waals surface area contributed by atoms with Gasteiger partial charge in [-0.05, 0) is 23.6 Å². The number of thiophene rings is 1. The Kier molecular flexibility index (Phi) is 2.90. The summed E-state index contributed by atoms with van der Waals surface area (Å²) in [6.45, 7) is 0. The topological polar surface area (TPSA) is 99.3 Å². The molecule has 0 aromatic carbocycles. The van der Waals surface area contributed by atoms with Crippen LogP contribution in [0.3, 0.4) is 0 Å². The lowest BCUT2D eigenvalue weighted by Gasteiger charge is -2.02. The van der Waals surface area contributed by atoms with E-state index in [1.54, 1.807) is 11.4 Å². The SMILES string of the molecule is O=C(O)c1ccc(NS(=O)(=O)c2cccs2)[nH]1. The van der Waals surface area contributed by atoms with Gasteiger partial charge in [-0.1, -0.05) is 6.07 Å². The Bertz CT molecular complexity index is 628. The lowest BCUT2D eigenvalue weighted by molar-refractivity contribution is 0.0691. The molecule has 0 fully saturated rings. The number of rotatable bonds is 4. The van der Waals surface area contributed by atoms with Crippen molar-refractivity contribution in [2.75, 3.05) is 4.72 Å². The van der Waals surface area contributed by atoms with Gasteiger partial charge in [0.25, 0.3) is 10.0 Å². The van der Waals surface area contributed by atoms with Crippen molar-refractivity contribution < 1.29 is 18.3 Å². The van der Waals surface area contributed by atoms with Crippen molar-refractivity contribution in [3.63, 3.8) is 0 Å². The maximum absolute atomic E-state index is 11.8. The molecule has 2 aromatic rings. The average Bonchev–Trinajstić information content (AvgIpc) is 2.85. The quantitative estimate of drug-likeness (QED) is 0.786. The summed E-state index contributed by atoms with van der Waals surface area (Å²) in [6.07, 6.45) is 0. The summed E-state index contributed by atoms with van der Waals surface area (Å²) >= 11 is 1.08. The highest BCUT2D eigenvalue weighted by atomic mass is 32.2. The van der Waals surface area contributed by atoms with Crippen LogP contribution in [0.1, 0.15) is 10.5 Å². The molecule has 0 saturated heterocycles. The molecule has 0 radical (unpaired) electrons. The number of hydrogen-bond donors (Lipinski definition) is 3. The first kappa shape index (κ1) is 11.7. The summed E-state index contributed by atoms with van der Waals surface area (Å²) in [5.74, 6) is -1.03. The number of H-pyrrole nitrogens is 1. The van der Waals surface area contributed by atoms with E-state index in [0.29, 0.717) is 0 Å². The van der Waals surface area contributed by atoms with Gasteiger partial charge in [0.15, 0.2) is 0 Å². The molecule has 0 aliphatic heterocycles. The van der Waals surface area contributed by atoms with Gasteiger partial charge >= 0.3 is 5.97 Å². The fraction of sp³-hybridized carbons (Fsp3) is 0. The molecule has 0 amide bonds. The van der Waals surface area contributed by atoms with Gasteiger partial charge in [0, 0.05) is 0 Å². The van der Waals surface area contributed by atoms with Crippen LogP contribution in [0.2, 0.25) is 0 Å². The predicted octanol–water partition coefficient (Wildman–Crippen LogP) is 1.58. The second-order valence-corrected chi connectivity index (χ2v) is 5.99. The first-order valence-corrected chi connectivity index (χ1v) is 6.84. The van der Waals surface area contributed by atoms with E-state index in [0.717, 1.165) is 11.3 Å². The summed E-state index contributed by atoms with van der Waals surface area (Å²) in [5, 5.41) is 10.3.